The molecule has 1 aromatic carbocycles. The fourth-order valence-electron chi connectivity index (χ4n) is 3.28. The number of benzene rings is 1. The van der Waals surface area contributed by atoms with Crippen molar-refractivity contribution in [2.24, 2.45) is 23.0 Å². The van der Waals surface area contributed by atoms with E-state index in [0.29, 0.717) is 0 Å². The van der Waals surface area contributed by atoms with Gasteiger partial charge in [0.1, 0.15) is 11.6 Å². The summed E-state index contributed by atoms with van der Waals surface area (Å²) in [7, 11) is 0. The molecular weight excluding hydrogens is 278 g/mol. The number of likely N-dealkylation sites (tertiary alicyclic amines) is 1. The van der Waals surface area contributed by atoms with Crippen LogP contribution in [0.1, 0.15) is 25.5 Å². The van der Waals surface area contributed by atoms with Crippen LogP contribution >= 0.6 is 0 Å². The number of carbonyl (C=O) groups excluding carboxylic acids is 2. The fourth-order valence-corrected chi connectivity index (χ4v) is 3.28. The van der Waals surface area contributed by atoms with Crippen LogP contribution in [0.5, 0.6) is 0 Å². The minimum absolute atomic E-state index is 0.0320. The van der Waals surface area contributed by atoms with Gasteiger partial charge in [-0.3, -0.25) is 14.5 Å². The van der Waals surface area contributed by atoms with Crippen LogP contribution in [-0.4, -0.2) is 23.3 Å². The summed E-state index contributed by atoms with van der Waals surface area (Å²) in [5.74, 6) is -2.37. The Morgan fingerprint density at radius 3 is 2.38 bits per heavy atom. The largest absolute Gasteiger partial charge is 0.322 e. The molecule has 1 heterocycles. The van der Waals surface area contributed by atoms with Crippen molar-refractivity contribution < 1.29 is 18.4 Å². The number of carbonyl (C=O) groups is 2. The molecule has 2 N–H and O–H groups in total. The zero-order valence-corrected chi connectivity index (χ0v) is 11.8. The van der Waals surface area contributed by atoms with Gasteiger partial charge in [0.15, 0.2) is 0 Å². The van der Waals surface area contributed by atoms with Gasteiger partial charge in [0, 0.05) is 12.1 Å². The number of imide groups is 1. The highest BCUT2D eigenvalue weighted by Gasteiger charge is 2.72. The maximum absolute atomic E-state index is 13.7. The van der Waals surface area contributed by atoms with E-state index in [-0.39, 0.29) is 41.2 Å². The molecule has 1 aliphatic carbocycles. The van der Waals surface area contributed by atoms with Crippen molar-refractivity contribution in [1.82, 2.24) is 4.90 Å². The molecule has 112 valence electrons. The van der Waals surface area contributed by atoms with Crippen molar-refractivity contribution in [1.29, 1.82) is 0 Å². The quantitative estimate of drug-likeness (QED) is 0.861. The minimum Gasteiger partial charge on any atom is -0.322 e. The second kappa shape index (κ2) is 4.34. The van der Waals surface area contributed by atoms with Crippen LogP contribution in [-0.2, 0) is 9.59 Å². The first-order chi connectivity index (χ1) is 9.75. The number of hydrogen-bond donors (Lipinski definition) is 1. The lowest BCUT2D eigenvalue weighted by Gasteiger charge is -2.24. The van der Waals surface area contributed by atoms with Crippen LogP contribution in [0.3, 0.4) is 0 Å². The smallest absolute Gasteiger partial charge is 0.233 e. The Morgan fingerprint density at radius 2 is 1.81 bits per heavy atom. The number of halogens is 2. The monoisotopic (exact) mass is 294 g/mol. The van der Waals surface area contributed by atoms with Crippen molar-refractivity contribution >= 4 is 11.8 Å². The molecule has 0 radical (unpaired) electrons. The Kier molecular flexibility index (Phi) is 2.92. The van der Waals surface area contributed by atoms with E-state index in [1.165, 1.54) is 0 Å². The Hall–Kier alpha value is -1.82. The molecule has 1 saturated heterocycles. The lowest BCUT2D eigenvalue weighted by molar-refractivity contribution is -0.143. The lowest BCUT2D eigenvalue weighted by Crippen LogP contribution is -2.41. The lowest BCUT2D eigenvalue weighted by atomic mass is 10.0. The Labute approximate surface area is 120 Å². The standard InChI is InChI=1S/C15H16F2N2O2/c1-15(2)11-12(15)14(21)19(13(11)20)6-10(18)8-5-7(16)3-4-9(8)17/h3-5,10-12H,6,18H2,1-2H3. The summed E-state index contributed by atoms with van der Waals surface area (Å²) in [6.45, 7) is 3.63. The maximum Gasteiger partial charge on any atom is 0.233 e. The van der Waals surface area contributed by atoms with Gasteiger partial charge in [-0.15, -0.1) is 0 Å². The number of nitrogens with zero attached hydrogens (tertiary/aromatic N) is 1. The topological polar surface area (TPSA) is 63.4 Å². The summed E-state index contributed by atoms with van der Waals surface area (Å²) < 4.78 is 26.8. The van der Waals surface area contributed by atoms with Crippen LogP contribution in [0, 0.1) is 28.9 Å². The molecule has 2 amide bonds. The Morgan fingerprint density at radius 1 is 1.24 bits per heavy atom. The van der Waals surface area contributed by atoms with Gasteiger partial charge in [0.2, 0.25) is 11.8 Å². The molecule has 4 nitrogen and oxygen atoms in total. The summed E-state index contributed by atoms with van der Waals surface area (Å²) in [6, 6.07) is 2.04. The van der Waals surface area contributed by atoms with E-state index in [0.717, 1.165) is 23.1 Å². The summed E-state index contributed by atoms with van der Waals surface area (Å²) in [6.07, 6.45) is 0. The fraction of sp³-hybridized carbons (Fsp3) is 0.467. The van der Waals surface area contributed by atoms with E-state index in [9.17, 15) is 18.4 Å². The second-order valence-electron chi connectivity index (χ2n) is 6.34. The molecule has 0 spiro atoms. The third-order valence-corrected chi connectivity index (χ3v) is 4.63. The minimum atomic E-state index is -0.936. The van der Waals surface area contributed by atoms with Gasteiger partial charge in [-0.05, 0) is 23.6 Å². The van der Waals surface area contributed by atoms with Crippen molar-refractivity contribution in [2.45, 2.75) is 19.9 Å². The highest BCUT2D eigenvalue weighted by atomic mass is 19.1. The first-order valence-electron chi connectivity index (χ1n) is 6.81. The van der Waals surface area contributed by atoms with Crippen molar-refractivity contribution in [3.8, 4) is 0 Å². The molecule has 1 aliphatic heterocycles. The average molecular weight is 294 g/mol. The summed E-state index contributed by atoms with van der Waals surface area (Å²) in [4.78, 5) is 25.4. The third-order valence-electron chi connectivity index (χ3n) is 4.63. The molecule has 3 atom stereocenters. The predicted molar refractivity (Wildman–Crippen MR) is 70.8 cm³/mol. The molecule has 1 saturated carbocycles. The van der Waals surface area contributed by atoms with Crippen molar-refractivity contribution in [2.75, 3.05) is 6.54 Å². The second-order valence-corrected chi connectivity index (χ2v) is 6.34. The highest BCUT2D eigenvalue weighted by molar-refractivity contribution is 6.10. The molecule has 2 aliphatic rings. The summed E-state index contributed by atoms with van der Waals surface area (Å²) in [5.41, 5.74) is 5.52. The van der Waals surface area contributed by atoms with Crippen molar-refractivity contribution in [3.63, 3.8) is 0 Å². The maximum atomic E-state index is 13.7. The number of nitrogens with two attached hydrogens (primary N) is 1. The predicted octanol–water partition coefficient (Wildman–Crippen LogP) is 1.61. The van der Waals surface area contributed by atoms with Crippen LogP contribution in [0.2, 0.25) is 0 Å². The van der Waals surface area contributed by atoms with Crippen molar-refractivity contribution in [3.05, 3.63) is 35.4 Å². The SMILES string of the molecule is CC1(C)C2C(=O)N(CC(N)c3cc(F)ccc3F)C(=O)C21. The van der Waals surface area contributed by atoms with E-state index < -0.39 is 17.7 Å². The van der Waals surface area contributed by atoms with Gasteiger partial charge >= 0.3 is 0 Å². The molecule has 21 heavy (non-hydrogen) atoms. The number of hydrogen-bond acceptors (Lipinski definition) is 3. The van der Waals surface area contributed by atoms with Gasteiger partial charge in [-0.25, -0.2) is 8.78 Å². The molecule has 6 heteroatoms. The highest BCUT2D eigenvalue weighted by Crippen LogP contribution is 2.63. The summed E-state index contributed by atoms with van der Waals surface area (Å²) in [5, 5.41) is 0. The molecule has 3 rings (SSSR count). The molecular formula is C15H16F2N2O2. The molecule has 2 fully saturated rings. The van der Waals surface area contributed by atoms with Crippen LogP contribution in [0.15, 0.2) is 18.2 Å². The van der Waals surface area contributed by atoms with Gasteiger partial charge in [-0.1, -0.05) is 13.8 Å². The zero-order valence-electron chi connectivity index (χ0n) is 11.8. The van der Waals surface area contributed by atoms with E-state index in [1.54, 1.807) is 0 Å². The van der Waals surface area contributed by atoms with Gasteiger partial charge in [0.05, 0.1) is 17.9 Å². The van der Waals surface area contributed by atoms with Crippen LogP contribution in [0.4, 0.5) is 8.78 Å². The number of fused-ring (bicyclic) bond motifs is 1. The number of amides is 2. The van der Waals surface area contributed by atoms with E-state index in [4.69, 9.17) is 5.73 Å². The molecule has 3 unspecified atom stereocenters. The Balaban J connectivity index is 1.78. The average Bonchev–Trinajstić information content (AvgIpc) is 2.89. The first-order valence-corrected chi connectivity index (χ1v) is 6.81. The van der Waals surface area contributed by atoms with E-state index in [1.807, 2.05) is 13.8 Å². The molecule has 1 aromatic rings. The zero-order chi connectivity index (χ0) is 15.5. The van der Waals surface area contributed by atoms with Gasteiger partial charge in [-0.2, -0.15) is 0 Å². The third kappa shape index (κ3) is 1.97. The summed E-state index contributed by atoms with van der Waals surface area (Å²) >= 11 is 0. The van der Waals surface area contributed by atoms with Crippen LogP contribution in [0.25, 0.3) is 0 Å². The Bertz CT molecular complexity index is 621. The van der Waals surface area contributed by atoms with Gasteiger partial charge in [0.25, 0.3) is 0 Å². The van der Waals surface area contributed by atoms with E-state index in [2.05, 4.69) is 0 Å². The first kappa shape index (κ1) is 14.1. The normalized spacial score (nSPS) is 27.8. The number of piperidine rings is 1. The van der Waals surface area contributed by atoms with Crippen LogP contribution < -0.4 is 5.73 Å². The molecule has 0 bridgehead atoms. The van der Waals surface area contributed by atoms with E-state index >= 15 is 0 Å². The van der Waals surface area contributed by atoms with Gasteiger partial charge < -0.3 is 5.73 Å². The number of rotatable bonds is 3. The molecule has 0 aromatic heterocycles.